The molecule has 0 radical (unpaired) electrons. The van der Waals surface area contributed by atoms with E-state index in [1.807, 2.05) is 0 Å². The third-order valence-electron chi connectivity index (χ3n) is 6.68. The summed E-state index contributed by atoms with van der Waals surface area (Å²) < 4.78 is 18.9. The lowest BCUT2D eigenvalue weighted by Crippen LogP contribution is -2.56. The third kappa shape index (κ3) is 5.59. The summed E-state index contributed by atoms with van der Waals surface area (Å²) in [5.41, 5.74) is 2.53. The number of anilines is 3. The van der Waals surface area contributed by atoms with Crippen molar-refractivity contribution in [3.05, 3.63) is 96.0 Å². The van der Waals surface area contributed by atoms with Gasteiger partial charge in [0.15, 0.2) is 0 Å². The van der Waals surface area contributed by atoms with Crippen molar-refractivity contribution in [3.8, 4) is 5.75 Å². The van der Waals surface area contributed by atoms with Crippen LogP contribution in [0.2, 0.25) is 5.02 Å². The van der Waals surface area contributed by atoms with Gasteiger partial charge in [-0.3, -0.25) is 5.32 Å². The Hall–Kier alpha value is -4.34. The first-order valence-corrected chi connectivity index (χ1v) is 12.8. The summed E-state index contributed by atoms with van der Waals surface area (Å²) in [6.45, 7) is 4.64. The zero-order valence-electron chi connectivity index (χ0n) is 21.0. The number of aromatic nitrogens is 2. The Bertz CT molecular complexity index is 1570. The number of nitrogens with one attached hydrogen (secondary N) is 2. The van der Waals surface area contributed by atoms with Crippen molar-refractivity contribution in [2.75, 3.05) is 23.7 Å². The lowest BCUT2D eigenvalue weighted by molar-refractivity contribution is -0.754. The Morgan fingerprint density at radius 2 is 1.85 bits per heavy atom. The predicted octanol–water partition coefficient (Wildman–Crippen LogP) is 6.60. The van der Waals surface area contributed by atoms with Crippen molar-refractivity contribution in [3.63, 3.8) is 0 Å². The highest BCUT2D eigenvalue weighted by Crippen LogP contribution is 2.32. The molecule has 0 bridgehead atoms. The lowest BCUT2D eigenvalue weighted by atomic mass is 10.2. The van der Waals surface area contributed by atoms with Gasteiger partial charge in [0.25, 0.3) is 0 Å². The summed E-state index contributed by atoms with van der Waals surface area (Å²) in [6, 6.07) is 16.3. The molecule has 10 heteroatoms. The average molecular weight is 547 g/mol. The van der Waals surface area contributed by atoms with Crippen LogP contribution in [0.5, 0.6) is 5.75 Å². The number of amides is 3. The summed E-state index contributed by atoms with van der Waals surface area (Å²) in [6.07, 6.45) is 4.24. The molecule has 198 valence electrons. The van der Waals surface area contributed by atoms with Gasteiger partial charge in [-0.2, -0.15) is 4.48 Å². The fraction of sp³-hybridized carbons (Fsp3) is 0.172. The molecule has 0 unspecified atom stereocenters. The molecule has 4 aromatic rings. The molecule has 1 aliphatic rings. The number of carbonyl (C=O) groups is 2. The zero-order chi connectivity index (χ0) is 27.4. The molecule has 1 aromatic heterocycles. The summed E-state index contributed by atoms with van der Waals surface area (Å²) in [7, 11) is 0. The van der Waals surface area contributed by atoms with Crippen LogP contribution in [0.4, 0.5) is 26.4 Å². The van der Waals surface area contributed by atoms with Gasteiger partial charge in [-0.1, -0.05) is 30.3 Å². The number of quaternary nitrogens is 1. The van der Waals surface area contributed by atoms with Crippen molar-refractivity contribution in [1.29, 1.82) is 0 Å². The monoisotopic (exact) mass is 546 g/mol. The SMILES string of the molecule is C=CC(=O)[N+]1(C(=O)Nc2ccc3ncnc(Nc4ccc(OCc5cccc(F)c5)c(Cl)c4)c3c2)CCCC1. The van der Waals surface area contributed by atoms with Gasteiger partial charge in [0.05, 0.1) is 23.6 Å². The molecule has 0 spiro atoms. The molecule has 2 heterocycles. The molecule has 0 atom stereocenters. The number of imide groups is 1. The maximum atomic E-state index is 13.4. The number of ether oxygens (including phenoxy) is 1. The highest BCUT2D eigenvalue weighted by atomic mass is 35.5. The molecule has 3 aromatic carbocycles. The van der Waals surface area contributed by atoms with E-state index in [1.165, 1.54) is 24.5 Å². The first-order chi connectivity index (χ1) is 18.9. The number of benzene rings is 3. The number of urea groups is 1. The van der Waals surface area contributed by atoms with Gasteiger partial charge in [0, 0.05) is 35.7 Å². The van der Waals surface area contributed by atoms with Gasteiger partial charge in [-0.25, -0.2) is 23.9 Å². The molecular weight excluding hydrogens is 521 g/mol. The van der Waals surface area contributed by atoms with Crippen LogP contribution in [0.1, 0.15) is 18.4 Å². The molecule has 0 saturated carbocycles. The number of nitrogens with zero attached hydrogens (tertiary/aromatic N) is 3. The molecule has 1 fully saturated rings. The Morgan fingerprint density at radius 1 is 1.05 bits per heavy atom. The summed E-state index contributed by atoms with van der Waals surface area (Å²) in [5, 5.41) is 7.17. The van der Waals surface area contributed by atoms with Gasteiger partial charge in [0.1, 0.15) is 30.3 Å². The molecule has 0 aliphatic carbocycles. The maximum Gasteiger partial charge on any atom is 0.428 e. The van der Waals surface area contributed by atoms with E-state index in [0.717, 1.165) is 12.8 Å². The van der Waals surface area contributed by atoms with Gasteiger partial charge in [0.2, 0.25) is 0 Å². The van der Waals surface area contributed by atoms with Gasteiger partial charge in [-0.15, -0.1) is 0 Å². The van der Waals surface area contributed by atoms with Crippen LogP contribution in [-0.2, 0) is 11.4 Å². The zero-order valence-corrected chi connectivity index (χ0v) is 21.7. The standard InChI is InChI=1S/C29H25ClFN5O3/c1-2-27(37)36(12-3-4-13-36)29(38)35-21-8-10-25-23(15-21)28(33-18-32-25)34-22-9-11-26(24(30)16-22)39-17-19-6-5-7-20(31)14-19/h2,5-11,14-16,18H,1,3-4,12-13,17H2,(H-,32,33,34,35,38)/p+1. The minimum absolute atomic E-state index is 0.174. The topological polar surface area (TPSA) is 93.2 Å². The third-order valence-corrected chi connectivity index (χ3v) is 6.97. The average Bonchev–Trinajstić information content (AvgIpc) is 3.44. The van der Waals surface area contributed by atoms with Crippen LogP contribution >= 0.6 is 11.6 Å². The molecule has 8 nitrogen and oxygen atoms in total. The first-order valence-electron chi connectivity index (χ1n) is 12.4. The quantitative estimate of drug-likeness (QED) is 0.200. The summed E-state index contributed by atoms with van der Waals surface area (Å²) in [4.78, 5) is 34.4. The summed E-state index contributed by atoms with van der Waals surface area (Å²) >= 11 is 6.45. The highest BCUT2D eigenvalue weighted by Gasteiger charge is 2.46. The van der Waals surface area contributed by atoms with Crippen LogP contribution in [0.25, 0.3) is 10.9 Å². The predicted molar refractivity (Wildman–Crippen MR) is 148 cm³/mol. The smallest absolute Gasteiger partial charge is 0.428 e. The van der Waals surface area contributed by atoms with Crippen molar-refractivity contribution >= 4 is 51.6 Å². The number of halogens is 2. The second-order valence-corrected chi connectivity index (χ2v) is 9.64. The minimum atomic E-state index is -0.385. The largest absolute Gasteiger partial charge is 0.487 e. The molecule has 3 amide bonds. The Kier molecular flexibility index (Phi) is 7.53. The van der Waals surface area contributed by atoms with Crippen molar-refractivity contribution in [2.45, 2.75) is 19.4 Å². The number of hydrogen-bond acceptors (Lipinski definition) is 6. The molecular formula is C29H26ClFN5O3+. The molecule has 1 saturated heterocycles. The van der Waals surface area contributed by atoms with Crippen molar-refractivity contribution in [1.82, 2.24) is 9.97 Å². The highest BCUT2D eigenvalue weighted by molar-refractivity contribution is 6.32. The fourth-order valence-electron chi connectivity index (χ4n) is 4.66. The number of fused-ring (bicyclic) bond motifs is 1. The van der Waals surface area contributed by atoms with E-state index in [9.17, 15) is 14.0 Å². The van der Waals surface area contributed by atoms with E-state index in [1.54, 1.807) is 48.5 Å². The minimum Gasteiger partial charge on any atom is -0.487 e. The van der Waals surface area contributed by atoms with Gasteiger partial charge in [-0.05, 0) is 54.1 Å². The van der Waals surface area contributed by atoms with Crippen molar-refractivity contribution < 1.29 is 23.2 Å². The van der Waals surface area contributed by atoms with E-state index in [0.29, 0.717) is 57.5 Å². The first kappa shape index (κ1) is 26.3. The van der Waals surface area contributed by atoms with Crippen LogP contribution in [0, 0.1) is 5.82 Å². The number of rotatable bonds is 7. The van der Waals surface area contributed by atoms with E-state index in [4.69, 9.17) is 16.3 Å². The van der Waals surface area contributed by atoms with Gasteiger partial charge < -0.3 is 10.1 Å². The Labute approximate surface area is 229 Å². The Morgan fingerprint density at radius 3 is 2.59 bits per heavy atom. The van der Waals surface area contributed by atoms with Crippen molar-refractivity contribution in [2.24, 2.45) is 0 Å². The second-order valence-electron chi connectivity index (χ2n) is 9.24. The van der Waals surface area contributed by atoms with Crippen LogP contribution < -0.4 is 15.4 Å². The van der Waals surface area contributed by atoms with E-state index in [-0.39, 0.29) is 28.8 Å². The number of hydrogen-bond donors (Lipinski definition) is 2. The fourth-order valence-corrected chi connectivity index (χ4v) is 4.89. The molecule has 5 rings (SSSR count). The second kappa shape index (κ2) is 11.2. The normalized spacial score (nSPS) is 14.1. The van der Waals surface area contributed by atoms with E-state index >= 15 is 0 Å². The maximum absolute atomic E-state index is 13.4. The van der Waals surface area contributed by atoms with Crippen LogP contribution in [-0.4, -0.2) is 39.5 Å². The molecule has 39 heavy (non-hydrogen) atoms. The van der Waals surface area contributed by atoms with Crippen LogP contribution in [0.3, 0.4) is 0 Å². The lowest BCUT2D eigenvalue weighted by Gasteiger charge is -2.26. The Balaban J connectivity index is 1.34. The van der Waals surface area contributed by atoms with E-state index in [2.05, 4.69) is 27.2 Å². The molecule has 1 aliphatic heterocycles. The van der Waals surface area contributed by atoms with Gasteiger partial charge >= 0.3 is 11.9 Å². The van der Waals surface area contributed by atoms with Crippen LogP contribution in [0.15, 0.2) is 79.6 Å². The summed E-state index contributed by atoms with van der Waals surface area (Å²) in [5.74, 6) is 0.325. The molecule has 2 N–H and O–H groups in total. The van der Waals surface area contributed by atoms with E-state index < -0.39 is 0 Å². The number of likely N-dealkylation sites (tertiary alicyclic amines) is 1. The number of carbonyl (C=O) groups excluding carboxylic acids is 2.